The molecule has 1 fully saturated rings. The van der Waals surface area contributed by atoms with E-state index in [1.165, 1.54) is 0 Å². The van der Waals surface area contributed by atoms with Gasteiger partial charge in [-0.2, -0.15) is 0 Å². The number of aromatic nitrogens is 2. The number of halogens is 1. The van der Waals surface area contributed by atoms with Crippen LogP contribution in [-0.4, -0.2) is 28.0 Å². The van der Waals surface area contributed by atoms with Crippen LogP contribution in [0.4, 0.5) is 0 Å². The van der Waals surface area contributed by atoms with Crippen molar-refractivity contribution in [2.75, 3.05) is 0 Å². The van der Waals surface area contributed by atoms with Crippen LogP contribution in [-0.2, 0) is 0 Å². The highest BCUT2D eigenvalue weighted by Gasteiger charge is 2.24. The van der Waals surface area contributed by atoms with Crippen molar-refractivity contribution in [2.45, 2.75) is 51.7 Å². The second-order valence-corrected chi connectivity index (χ2v) is 7.75. The third-order valence-electron chi connectivity index (χ3n) is 4.35. The van der Waals surface area contributed by atoms with E-state index in [9.17, 15) is 4.79 Å². The summed E-state index contributed by atoms with van der Waals surface area (Å²) >= 11 is 2.23. The maximum Gasteiger partial charge on any atom is 0.317 e. The number of rotatable bonds is 4. The lowest BCUT2D eigenvalue weighted by Crippen LogP contribution is -2.39. The average molecular weight is 451 g/mol. The van der Waals surface area contributed by atoms with Gasteiger partial charge in [0.1, 0.15) is 6.10 Å². The number of aryl methyl sites for hydroxylation is 2. The van der Waals surface area contributed by atoms with Gasteiger partial charge in [-0.25, -0.2) is 9.97 Å². The molecule has 5 nitrogen and oxygen atoms in total. The van der Waals surface area contributed by atoms with Gasteiger partial charge in [0.05, 0.1) is 0 Å². The Bertz CT molecular complexity index is 721. The van der Waals surface area contributed by atoms with Crippen molar-refractivity contribution in [3.63, 3.8) is 0 Å². The van der Waals surface area contributed by atoms with Crippen LogP contribution in [0.3, 0.4) is 0 Å². The highest BCUT2D eigenvalue weighted by atomic mass is 127. The molecule has 2 aromatic rings. The van der Waals surface area contributed by atoms with Gasteiger partial charge in [0.25, 0.3) is 5.91 Å². The molecule has 0 radical (unpaired) electrons. The quantitative estimate of drug-likeness (QED) is 0.719. The summed E-state index contributed by atoms with van der Waals surface area (Å²) in [6, 6.07) is 10.2. The minimum Gasteiger partial charge on any atom is -0.460 e. The second kappa shape index (κ2) is 8.12. The molecule has 0 spiro atoms. The number of amides is 1. The first-order valence-electron chi connectivity index (χ1n) is 8.55. The summed E-state index contributed by atoms with van der Waals surface area (Å²) in [4.78, 5) is 21.0. The lowest BCUT2D eigenvalue weighted by molar-refractivity contribution is 0.0884. The molecule has 0 atom stereocenters. The molecule has 1 aliphatic rings. The number of ether oxygens (including phenoxy) is 1. The van der Waals surface area contributed by atoms with E-state index in [-0.39, 0.29) is 18.1 Å². The van der Waals surface area contributed by atoms with Crippen molar-refractivity contribution in [1.82, 2.24) is 15.3 Å². The molecule has 25 heavy (non-hydrogen) atoms. The highest BCUT2D eigenvalue weighted by molar-refractivity contribution is 14.1. The molecule has 1 heterocycles. The molecule has 132 valence electrons. The van der Waals surface area contributed by atoms with E-state index in [0.717, 1.165) is 40.6 Å². The molecule has 3 rings (SSSR count). The molecule has 1 aromatic carbocycles. The Hall–Kier alpha value is -1.70. The first kappa shape index (κ1) is 18.1. The Kier molecular flexibility index (Phi) is 5.88. The summed E-state index contributed by atoms with van der Waals surface area (Å²) in [5, 5.41) is 3.13. The van der Waals surface area contributed by atoms with Crippen LogP contribution in [0.25, 0.3) is 0 Å². The Morgan fingerprint density at radius 1 is 1.08 bits per heavy atom. The summed E-state index contributed by atoms with van der Waals surface area (Å²) in [7, 11) is 0. The Labute approximate surface area is 161 Å². The maximum absolute atomic E-state index is 12.3. The van der Waals surface area contributed by atoms with E-state index < -0.39 is 0 Å². The predicted molar refractivity (Wildman–Crippen MR) is 105 cm³/mol. The average Bonchev–Trinajstić information content (AvgIpc) is 2.56. The molecule has 0 unspecified atom stereocenters. The van der Waals surface area contributed by atoms with Gasteiger partial charge in [0.2, 0.25) is 0 Å². The summed E-state index contributed by atoms with van der Waals surface area (Å²) in [6.07, 6.45) is 3.73. The van der Waals surface area contributed by atoms with E-state index in [4.69, 9.17) is 4.74 Å². The number of benzene rings is 1. The fraction of sp³-hybridized carbons (Fsp3) is 0.421. The molecular weight excluding hydrogens is 429 g/mol. The number of nitrogens with one attached hydrogen (secondary N) is 1. The van der Waals surface area contributed by atoms with Gasteiger partial charge < -0.3 is 10.1 Å². The lowest BCUT2D eigenvalue weighted by Gasteiger charge is -2.29. The lowest BCUT2D eigenvalue weighted by atomic mass is 9.92. The van der Waals surface area contributed by atoms with Crippen LogP contribution >= 0.6 is 22.6 Å². The zero-order valence-electron chi connectivity index (χ0n) is 14.5. The monoisotopic (exact) mass is 451 g/mol. The molecule has 0 bridgehead atoms. The second-order valence-electron chi connectivity index (χ2n) is 6.51. The highest BCUT2D eigenvalue weighted by Crippen LogP contribution is 2.23. The van der Waals surface area contributed by atoms with Crippen molar-refractivity contribution in [1.29, 1.82) is 0 Å². The van der Waals surface area contributed by atoms with E-state index in [0.29, 0.717) is 11.6 Å². The number of carbonyl (C=O) groups excluding carboxylic acids is 1. The van der Waals surface area contributed by atoms with Crippen LogP contribution in [0.1, 0.15) is 47.4 Å². The zero-order chi connectivity index (χ0) is 17.8. The van der Waals surface area contributed by atoms with Gasteiger partial charge in [-0.3, -0.25) is 4.79 Å². The fourth-order valence-corrected chi connectivity index (χ4v) is 3.45. The molecule has 0 aliphatic heterocycles. The number of hydrogen-bond acceptors (Lipinski definition) is 4. The van der Waals surface area contributed by atoms with Crippen molar-refractivity contribution in [2.24, 2.45) is 0 Å². The third kappa shape index (κ3) is 5.14. The first-order valence-corrected chi connectivity index (χ1v) is 9.63. The Balaban J connectivity index is 1.50. The van der Waals surface area contributed by atoms with Gasteiger partial charge in [-0.15, -0.1) is 0 Å². The van der Waals surface area contributed by atoms with E-state index in [1.54, 1.807) is 0 Å². The van der Waals surface area contributed by atoms with E-state index in [1.807, 2.05) is 44.2 Å². The van der Waals surface area contributed by atoms with Crippen LogP contribution in [0.2, 0.25) is 0 Å². The summed E-state index contributed by atoms with van der Waals surface area (Å²) in [5.41, 5.74) is 2.55. The standard InChI is InChI=1S/C19H22IN3O2/c1-12-11-13(2)22-19(21-12)25-17-9-7-16(8-10-17)23-18(24)14-3-5-15(20)6-4-14/h3-6,11,16-17H,7-10H2,1-2H3,(H,23,24). The van der Waals surface area contributed by atoms with Gasteiger partial charge in [-0.1, -0.05) is 0 Å². The molecule has 1 amide bonds. The molecule has 1 aliphatic carbocycles. The van der Waals surface area contributed by atoms with Crippen LogP contribution in [0, 0.1) is 17.4 Å². The van der Waals surface area contributed by atoms with Crippen molar-refractivity contribution < 1.29 is 9.53 Å². The van der Waals surface area contributed by atoms with Crippen LogP contribution < -0.4 is 10.1 Å². The minimum atomic E-state index is -0.00147. The fourth-order valence-electron chi connectivity index (χ4n) is 3.09. The predicted octanol–water partition coefficient (Wildman–Crippen LogP) is 3.82. The SMILES string of the molecule is Cc1cc(C)nc(OC2CCC(NC(=O)c3ccc(I)cc3)CC2)n1. The van der Waals surface area contributed by atoms with Gasteiger partial charge >= 0.3 is 6.01 Å². The largest absolute Gasteiger partial charge is 0.460 e. The molecule has 1 N–H and O–H groups in total. The summed E-state index contributed by atoms with van der Waals surface area (Å²) in [6.45, 7) is 3.89. The smallest absolute Gasteiger partial charge is 0.317 e. The van der Waals surface area contributed by atoms with Gasteiger partial charge in [-0.05, 0) is 92.5 Å². The molecule has 1 saturated carbocycles. The van der Waals surface area contributed by atoms with Gasteiger partial charge in [0.15, 0.2) is 0 Å². The van der Waals surface area contributed by atoms with E-state index >= 15 is 0 Å². The molecule has 6 heteroatoms. The number of nitrogens with zero attached hydrogens (tertiary/aromatic N) is 2. The third-order valence-corrected chi connectivity index (χ3v) is 5.07. The molecular formula is C19H22IN3O2. The summed E-state index contributed by atoms with van der Waals surface area (Å²) < 4.78 is 7.06. The Morgan fingerprint density at radius 2 is 1.68 bits per heavy atom. The minimum absolute atomic E-state index is 0.00147. The van der Waals surface area contributed by atoms with Crippen molar-refractivity contribution in [3.8, 4) is 6.01 Å². The normalized spacial score (nSPS) is 20.1. The topological polar surface area (TPSA) is 64.1 Å². The van der Waals surface area contributed by atoms with Crippen molar-refractivity contribution in [3.05, 3.63) is 50.9 Å². The summed E-state index contributed by atoms with van der Waals surface area (Å²) in [5.74, 6) is -0.00147. The first-order chi connectivity index (χ1) is 12.0. The Morgan fingerprint density at radius 3 is 2.28 bits per heavy atom. The van der Waals surface area contributed by atoms with E-state index in [2.05, 4.69) is 37.9 Å². The number of carbonyl (C=O) groups is 1. The van der Waals surface area contributed by atoms with Gasteiger partial charge in [0, 0.05) is 26.6 Å². The van der Waals surface area contributed by atoms with Crippen LogP contribution in [0.5, 0.6) is 6.01 Å². The molecule has 0 saturated heterocycles. The molecule has 1 aromatic heterocycles. The van der Waals surface area contributed by atoms with Crippen LogP contribution in [0.15, 0.2) is 30.3 Å². The maximum atomic E-state index is 12.3. The van der Waals surface area contributed by atoms with Crippen molar-refractivity contribution >= 4 is 28.5 Å². The number of hydrogen-bond donors (Lipinski definition) is 1. The zero-order valence-corrected chi connectivity index (χ0v) is 16.6.